The smallest absolute Gasteiger partial charge is 0.219 e. The lowest BCUT2D eigenvalue weighted by atomic mass is 10.1. The lowest BCUT2D eigenvalue weighted by Crippen LogP contribution is -1.98. The number of nitrogens with zero attached hydrogens (tertiary/aromatic N) is 1. The van der Waals surface area contributed by atoms with Gasteiger partial charge in [-0.05, 0) is 60.7 Å². The van der Waals surface area contributed by atoms with Crippen molar-refractivity contribution in [2.24, 2.45) is 0 Å². The minimum Gasteiger partial charge on any atom is -0.494 e. The Kier molecular flexibility index (Phi) is 5.65. The summed E-state index contributed by atoms with van der Waals surface area (Å²) >= 11 is 0. The van der Waals surface area contributed by atoms with E-state index in [0.717, 1.165) is 55.1 Å². The summed E-state index contributed by atoms with van der Waals surface area (Å²) in [6.45, 7) is 1.70. The molecule has 1 aromatic heterocycles. The summed E-state index contributed by atoms with van der Waals surface area (Å²) in [4.78, 5) is 4.17. The lowest BCUT2D eigenvalue weighted by Gasteiger charge is -2.08. The van der Waals surface area contributed by atoms with E-state index >= 15 is 0 Å². The highest BCUT2D eigenvalue weighted by atomic mass is 16.6. The number of pyridine rings is 1. The van der Waals surface area contributed by atoms with Gasteiger partial charge in [0.25, 0.3) is 0 Å². The van der Waals surface area contributed by atoms with Crippen molar-refractivity contribution in [2.45, 2.75) is 25.4 Å². The van der Waals surface area contributed by atoms with E-state index in [9.17, 15) is 0 Å². The van der Waals surface area contributed by atoms with Crippen LogP contribution in [-0.4, -0.2) is 24.3 Å². The number of hydrogen-bond donors (Lipinski definition) is 0. The third-order valence-electron chi connectivity index (χ3n) is 4.49. The highest BCUT2D eigenvalue weighted by Gasteiger charge is 2.20. The number of unbranched alkanes of at least 4 members (excludes halogenated alkanes) is 1. The van der Waals surface area contributed by atoms with Gasteiger partial charge in [0, 0.05) is 12.3 Å². The number of rotatable bonds is 9. The maximum atomic E-state index is 5.82. The lowest BCUT2D eigenvalue weighted by molar-refractivity contribution is 0.299. The maximum Gasteiger partial charge on any atom is 0.219 e. The molecule has 0 saturated carbocycles. The van der Waals surface area contributed by atoms with Crippen molar-refractivity contribution in [1.29, 1.82) is 0 Å². The molecule has 3 aromatic rings. The van der Waals surface area contributed by atoms with Crippen molar-refractivity contribution < 1.29 is 14.2 Å². The Bertz CT molecular complexity index is 828. The molecule has 1 atom stereocenters. The van der Waals surface area contributed by atoms with E-state index in [1.165, 1.54) is 0 Å². The van der Waals surface area contributed by atoms with Gasteiger partial charge in [0.2, 0.25) is 5.88 Å². The molecule has 0 radical (unpaired) electrons. The first kappa shape index (κ1) is 17.6. The molecule has 1 saturated heterocycles. The summed E-state index contributed by atoms with van der Waals surface area (Å²) in [6.07, 6.45) is 5.62. The quantitative estimate of drug-likeness (QED) is 0.373. The van der Waals surface area contributed by atoms with Crippen LogP contribution in [-0.2, 0) is 4.74 Å². The highest BCUT2D eigenvalue weighted by Crippen LogP contribution is 2.26. The van der Waals surface area contributed by atoms with Crippen molar-refractivity contribution in [3.63, 3.8) is 0 Å². The molecule has 138 valence electrons. The number of aromatic nitrogens is 1. The Labute approximate surface area is 159 Å². The van der Waals surface area contributed by atoms with E-state index in [-0.39, 0.29) is 0 Å². The minimum atomic E-state index is 0.519. The summed E-state index contributed by atoms with van der Waals surface area (Å²) in [5, 5.41) is 0. The van der Waals surface area contributed by atoms with Gasteiger partial charge >= 0.3 is 0 Å². The second-order valence-corrected chi connectivity index (χ2v) is 6.62. The van der Waals surface area contributed by atoms with Crippen LogP contribution in [0.2, 0.25) is 0 Å². The van der Waals surface area contributed by atoms with Crippen LogP contribution >= 0.6 is 0 Å². The fourth-order valence-corrected chi connectivity index (χ4v) is 2.89. The minimum absolute atomic E-state index is 0.519. The third kappa shape index (κ3) is 5.31. The van der Waals surface area contributed by atoms with Crippen LogP contribution in [0.3, 0.4) is 0 Å². The second kappa shape index (κ2) is 8.69. The molecule has 0 aliphatic carbocycles. The topological polar surface area (TPSA) is 43.9 Å². The summed E-state index contributed by atoms with van der Waals surface area (Å²) in [7, 11) is 0. The second-order valence-electron chi connectivity index (χ2n) is 6.62. The molecule has 4 rings (SSSR count). The number of ether oxygens (including phenoxy) is 3. The SMILES string of the molecule is c1ccc(Oc2ccc(-c3ccc(OCCCCC4CO4)cc3)cc2)nc1. The largest absolute Gasteiger partial charge is 0.494 e. The van der Waals surface area contributed by atoms with Gasteiger partial charge in [-0.15, -0.1) is 0 Å². The molecule has 2 heterocycles. The zero-order valence-corrected chi connectivity index (χ0v) is 15.2. The molecule has 1 aliphatic rings. The van der Waals surface area contributed by atoms with Gasteiger partial charge in [-0.1, -0.05) is 30.3 Å². The molecule has 1 unspecified atom stereocenters. The first-order valence-electron chi connectivity index (χ1n) is 9.41. The zero-order chi connectivity index (χ0) is 18.3. The molecule has 1 fully saturated rings. The Morgan fingerprint density at radius 3 is 2.19 bits per heavy atom. The maximum absolute atomic E-state index is 5.82. The summed E-state index contributed by atoms with van der Waals surface area (Å²) in [5.74, 6) is 2.28. The predicted octanol–water partition coefficient (Wildman–Crippen LogP) is 5.49. The van der Waals surface area contributed by atoms with Gasteiger partial charge < -0.3 is 14.2 Å². The first-order chi connectivity index (χ1) is 13.4. The number of hydrogen-bond acceptors (Lipinski definition) is 4. The van der Waals surface area contributed by atoms with E-state index < -0.39 is 0 Å². The fourth-order valence-electron chi connectivity index (χ4n) is 2.89. The number of benzene rings is 2. The van der Waals surface area contributed by atoms with Gasteiger partial charge in [-0.2, -0.15) is 0 Å². The van der Waals surface area contributed by atoms with Crippen molar-refractivity contribution in [2.75, 3.05) is 13.2 Å². The molecule has 4 nitrogen and oxygen atoms in total. The van der Waals surface area contributed by atoms with Crippen LogP contribution in [0.5, 0.6) is 17.4 Å². The van der Waals surface area contributed by atoms with Gasteiger partial charge in [0.1, 0.15) is 11.5 Å². The Balaban J connectivity index is 1.28. The van der Waals surface area contributed by atoms with E-state index in [1.807, 2.05) is 54.6 Å². The third-order valence-corrected chi connectivity index (χ3v) is 4.49. The Morgan fingerprint density at radius 2 is 1.56 bits per heavy atom. The van der Waals surface area contributed by atoms with Crippen LogP contribution in [0.4, 0.5) is 0 Å². The van der Waals surface area contributed by atoms with E-state index in [1.54, 1.807) is 6.20 Å². The molecule has 0 bridgehead atoms. The summed E-state index contributed by atoms with van der Waals surface area (Å²) in [6, 6.07) is 21.8. The van der Waals surface area contributed by atoms with Gasteiger partial charge in [-0.25, -0.2) is 4.98 Å². The van der Waals surface area contributed by atoms with E-state index in [2.05, 4.69) is 17.1 Å². The average Bonchev–Trinajstić information content (AvgIpc) is 3.54. The molecular weight excluding hydrogens is 338 g/mol. The normalized spacial score (nSPS) is 15.3. The van der Waals surface area contributed by atoms with Crippen molar-refractivity contribution in [1.82, 2.24) is 4.98 Å². The van der Waals surface area contributed by atoms with Crippen LogP contribution in [0.1, 0.15) is 19.3 Å². The monoisotopic (exact) mass is 361 g/mol. The molecule has 2 aromatic carbocycles. The molecule has 1 aliphatic heterocycles. The zero-order valence-electron chi connectivity index (χ0n) is 15.2. The Morgan fingerprint density at radius 1 is 0.852 bits per heavy atom. The van der Waals surface area contributed by atoms with Crippen molar-refractivity contribution in [3.05, 3.63) is 72.9 Å². The average molecular weight is 361 g/mol. The van der Waals surface area contributed by atoms with Crippen LogP contribution in [0.15, 0.2) is 72.9 Å². The van der Waals surface area contributed by atoms with Crippen LogP contribution in [0, 0.1) is 0 Å². The number of epoxide rings is 1. The fraction of sp³-hybridized carbons (Fsp3) is 0.261. The summed E-state index contributed by atoms with van der Waals surface area (Å²) in [5.41, 5.74) is 2.29. The van der Waals surface area contributed by atoms with Crippen LogP contribution < -0.4 is 9.47 Å². The first-order valence-corrected chi connectivity index (χ1v) is 9.41. The highest BCUT2D eigenvalue weighted by molar-refractivity contribution is 5.65. The molecule has 4 heteroatoms. The predicted molar refractivity (Wildman–Crippen MR) is 105 cm³/mol. The van der Waals surface area contributed by atoms with Gasteiger partial charge in [-0.3, -0.25) is 0 Å². The Hall–Kier alpha value is -2.85. The van der Waals surface area contributed by atoms with Crippen molar-refractivity contribution >= 4 is 0 Å². The van der Waals surface area contributed by atoms with Gasteiger partial charge in [0.05, 0.1) is 19.3 Å². The molecular formula is C23H23NO3. The molecule has 0 amide bonds. The standard InChI is InChI=1S/C23H23NO3/c1-3-15-24-23(6-1)27-21-13-9-19(10-14-21)18-7-11-20(12-8-18)25-16-4-2-5-22-17-26-22/h1,3,6-15,22H,2,4-5,16-17H2. The molecule has 27 heavy (non-hydrogen) atoms. The molecule has 0 N–H and O–H groups in total. The van der Waals surface area contributed by atoms with Crippen LogP contribution in [0.25, 0.3) is 11.1 Å². The van der Waals surface area contributed by atoms with E-state index in [4.69, 9.17) is 14.2 Å². The molecule has 0 spiro atoms. The summed E-state index contributed by atoms with van der Waals surface area (Å²) < 4.78 is 16.8. The van der Waals surface area contributed by atoms with Crippen molar-refractivity contribution in [3.8, 4) is 28.5 Å². The van der Waals surface area contributed by atoms with E-state index in [0.29, 0.717) is 12.0 Å². The van der Waals surface area contributed by atoms with Gasteiger partial charge in [0.15, 0.2) is 0 Å².